The summed E-state index contributed by atoms with van der Waals surface area (Å²) in [5.74, 6) is 0. The van der Waals surface area contributed by atoms with Gasteiger partial charge in [0.15, 0.2) is 0 Å². The summed E-state index contributed by atoms with van der Waals surface area (Å²) in [6.45, 7) is 0.566. The maximum Gasteiger partial charge on any atom is 1.00 e. The molecule has 0 aromatic carbocycles. The van der Waals surface area contributed by atoms with Crippen LogP contribution in [0.3, 0.4) is 0 Å². The summed E-state index contributed by atoms with van der Waals surface area (Å²) in [7, 11) is 0. The van der Waals surface area contributed by atoms with Crippen LogP contribution in [-0.2, 0) is 0 Å². The number of rotatable bonds is 5. The van der Waals surface area contributed by atoms with Crippen LogP contribution in [0.25, 0.3) is 0 Å². The molecule has 5 N–H and O–H groups in total. The monoisotopic (exact) mass is 158 g/mol. The Kier molecular flexibility index (Phi) is 28.2. The van der Waals surface area contributed by atoms with E-state index in [9.17, 15) is 0 Å². The Morgan fingerprint density at radius 2 is 1.00 bits per heavy atom. The minimum absolute atomic E-state index is 0. The van der Waals surface area contributed by atoms with E-state index in [4.69, 9.17) is 10.2 Å². The van der Waals surface area contributed by atoms with E-state index >= 15 is 0 Å². The van der Waals surface area contributed by atoms with Gasteiger partial charge in [-0.1, -0.05) is 12.8 Å². The Balaban J connectivity index is -0.000000245. The van der Waals surface area contributed by atoms with Gasteiger partial charge in [-0.3, -0.25) is 0 Å². The number of aliphatic hydroxyl groups excluding tert-OH is 2. The van der Waals surface area contributed by atoms with Gasteiger partial charge in [-0.25, -0.2) is 0 Å². The van der Waals surface area contributed by atoms with Gasteiger partial charge >= 0.3 is 29.6 Å². The predicted octanol–water partition coefficient (Wildman–Crippen LogP) is -2.30. The van der Waals surface area contributed by atoms with Crippen molar-refractivity contribution in [2.45, 2.75) is 25.7 Å². The molecule has 0 aromatic heterocycles. The predicted molar refractivity (Wildman–Crippen MR) is 37.7 cm³/mol. The molecule has 0 fully saturated rings. The fourth-order valence-corrected chi connectivity index (χ4v) is 0.577. The van der Waals surface area contributed by atoms with E-state index in [2.05, 4.69) is 0 Å². The second kappa shape index (κ2) is 16.5. The van der Waals surface area contributed by atoms with Gasteiger partial charge in [-0.2, -0.15) is 0 Å². The molecule has 0 amide bonds. The van der Waals surface area contributed by atoms with Gasteiger partial charge in [0.25, 0.3) is 0 Å². The van der Waals surface area contributed by atoms with Gasteiger partial charge in [0.2, 0.25) is 0 Å². The minimum atomic E-state index is 0. The third-order valence-corrected chi connectivity index (χ3v) is 1.07. The summed E-state index contributed by atoms with van der Waals surface area (Å²) < 4.78 is 0. The van der Waals surface area contributed by atoms with Crippen LogP contribution in [-0.4, -0.2) is 23.4 Å². The number of unbranched alkanes of at least 4 members (excludes halogenated alkanes) is 3. The molecule has 0 radical (unpaired) electrons. The third-order valence-electron chi connectivity index (χ3n) is 1.07. The van der Waals surface area contributed by atoms with Gasteiger partial charge in [-0.05, 0) is 12.8 Å². The molecule has 0 aliphatic carbocycles. The van der Waals surface area contributed by atoms with Crippen molar-refractivity contribution >= 4 is 0 Å². The van der Waals surface area contributed by atoms with Crippen molar-refractivity contribution in [3.8, 4) is 0 Å². The van der Waals surface area contributed by atoms with Crippen molar-refractivity contribution < 1.29 is 39.8 Å². The molecule has 10 heavy (non-hydrogen) atoms. The largest absolute Gasteiger partial charge is 1.00 e. The zero-order valence-electron chi connectivity index (χ0n) is 6.84. The fraction of sp³-hybridized carbons (Fsp3) is 1.00. The smallest absolute Gasteiger partial charge is 0.396 e. The quantitative estimate of drug-likeness (QED) is 0.311. The number of hydrogen-bond acceptors (Lipinski definition) is 3. The van der Waals surface area contributed by atoms with Crippen molar-refractivity contribution in [3.63, 3.8) is 0 Å². The first-order valence-electron chi connectivity index (χ1n) is 3.13. The molecular formula is C6H17NNaO2+. The first-order chi connectivity index (χ1) is 3.91. The SMILES string of the molecule is N.OCCCCCCO.[Na+]. The van der Waals surface area contributed by atoms with E-state index < -0.39 is 0 Å². The Hall–Kier alpha value is 0.880. The van der Waals surface area contributed by atoms with Crippen LogP contribution in [0, 0.1) is 0 Å². The molecule has 58 valence electrons. The molecule has 4 heteroatoms. The van der Waals surface area contributed by atoms with Crippen molar-refractivity contribution in [1.29, 1.82) is 0 Å². The van der Waals surface area contributed by atoms with Crippen molar-refractivity contribution in [2.75, 3.05) is 13.2 Å². The van der Waals surface area contributed by atoms with Gasteiger partial charge in [0.05, 0.1) is 0 Å². The Morgan fingerprint density at radius 3 is 1.20 bits per heavy atom. The molecule has 0 atom stereocenters. The summed E-state index contributed by atoms with van der Waals surface area (Å²) in [6, 6.07) is 0. The average Bonchev–Trinajstić information content (AvgIpc) is 1.81. The normalized spacial score (nSPS) is 7.80. The van der Waals surface area contributed by atoms with E-state index in [1.54, 1.807) is 0 Å². The molecule has 0 bridgehead atoms. The minimum Gasteiger partial charge on any atom is -0.396 e. The molecule has 0 aromatic rings. The zero-order chi connectivity index (χ0) is 6.24. The van der Waals surface area contributed by atoms with Gasteiger partial charge < -0.3 is 16.4 Å². The maximum atomic E-state index is 8.30. The molecule has 0 saturated heterocycles. The Bertz CT molecular complexity index is 40.7. The fourth-order valence-electron chi connectivity index (χ4n) is 0.577. The number of hydrogen-bond donors (Lipinski definition) is 3. The summed E-state index contributed by atoms with van der Waals surface area (Å²) in [5.41, 5.74) is 0. The molecule has 0 saturated carbocycles. The second-order valence-electron chi connectivity index (χ2n) is 1.86. The molecule has 0 spiro atoms. The first kappa shape index (κ1) is 17.1. The zero-order valence-corrected chi connectivity index (χ0v) is 8.84. The standard InChI is InChI=1S/C6H14O2.H3N.Na/c7-5-3-1-2-4-6-8;;/h7-8H,1-6H2;1H3;/q;;+1. The molecule has 0 heterocycles. The van der Waals surface area contributed by atoms with Gasteiger partial charge in [0, 0.05) is 13.2 Å². The van der Waals surface area contributed by atoms with Crippen molar-refractivity contribution in [3.05, 3.63) is 0 Å². The van der Waals surface area contributed by atoms with Crippen molar-refractivity contribution in [1.82, 2.24) is 6.15 Å². The van der Waals surface area contributed by atoms with E-state index in [1.807, 2.05) is 0 Å². The molecule has 0 rings (SSSR count). The van der Waals surface area contributed by atoms with Crippen LogP contribution in [0.4, 0.5) is 0 Å². The second-order valence-corrected chi connectivity index (χ2v) is 1.86. The molecule has 0 aliphatic heterocycles. The average molecular weight is 158 g/mol. The maximum absolute atomic E-state index is 8.30. The van der Waals surface area contributed by atoms with Crippen LogP contribution < -0.4 is 35.7 Å². The van der Waals surface area contributed by atoms with E-state index in [0.717, 1.165) is 25.7 Å². The summed E-state index contributed by atoms with van der Waals surface area (Å²) in [5, 5.41) is 16.6. The van der Waals surface area contributed by atoms with Crippen LogP contribution in [0.15, 0.2) is 0 Å². The molecular weight excluding hydrogens is 141 g/mol. The van der Waals surface area contributed by atoms with E-state index in [1.165, 1.54) is 0 Å². The molecule has 0 unspecified atom stereocenters. The van der Waals surface area contributed by atoms with Crippen LogP contribution >= 0.6 is 0 Å². The van der Waals surface area contributed by atoms with E-state index in [0.29, 0.717) is 0 Å². The third kappa shape index (κ3) is 15.9. The number of aliphatic hydroxyl groups is 2. The van der Waals surface area contributed by atoms with E-state index in [-0.39, 0.29) is 48.9 Å². The van der Waals surface area contributed by atoms with Gasteiger partial charge in [-0.15, -0.1) is 0 Å². The molecule has 3 nitrogen and oxygen atoms in total. The van der Waals surface area contributed by atoms with Crippen molar-refractivity contribution in [2.24, 2.45) is 0 Å². The first-order valence-corrected chi connectivity index (χ1v) is 3.13. The summed E-state index contributed by atoms with van der Waals surface area (Å²) >= 11 is 0. The summed E-state index contributed by atoms with van der Waals surface area (Å²) in [4.78, 5) is 0. The Morgan fingerprint density at radius 1 is 0.700 bits per heavy atom. The summed E-state index contributed by atoms with van der Waals surface area (Å²) in [6.07, 6.45) is 3.83. The van der Waals surface area contributed by atoms with Crippen LogP contribution in [0.2, 0.25) is 0 Å². The van der Waals surface area contributed by atoms with Gasteiger partial charge in [0.1, 0.15) is 0 Å². The molecule has 0 aliphatic rings. The van der Waals surface area contributed by atoms with Crippen LogP contribution in [0.5, 0.6) is 0 Å². The Labute approximate surface area is 84.7 Å². The van der Waals surface area contributed by atoms with Crippen LogP contribution in [0.1, 0.15) is 25.7 Å². The topological polar surface area (TPSA) is 75.5 Å².